The van der Waals surface area contributed by atoms with Gasteiger partial charge in [-0.2, -0.15) is 0 Å². The van der Waals surface area contributed by atoms with Crippen LogP contribution in [0.2, 0.25) is 0 Å². The summed E-state index contributed by atoms with van der Waals surface area (Å²) in [4.78, 5) is 25.6. The first-order valence-electron chi connectivity index (χ1n) is 7.72. The van der Waals surface area contributed by atoms with Crippen molar-refractivity contribution in [3.05, 3.63) is 29.8 Å². The minimum Gasteiger partial charge on any atom is -0.391 e. The van der Waals surface area contributed by atoms with Crippen LogP contribution >= 0.6 is 12.4 Å². The lowest BCUT2D eigenvalue weighted by atomic mass is 10.1. The smallest absolute Gasteiger partial charge is 0.251 e. The molecule has 23 heavy (non-hydrogen) atoms. The van der Waals surface area contributed by atoms with Gasteiger partial charge in [-0.1, -0.05) is 0 Å². The van der Waals surface area contributed by atoms with Crippen molar-refractivity contribution in [2.75, 3.05) is 31.1 Å². The van der Waals surface area contributed by atoms with Crippen LogP contribution < -0.4 is 15.5 Å². The van der Waals surface area contributed by atoms with Gasteiger partial charge in [-0.3, -0.25) is 9.59 Å². The zero-order chi connectivity index (χ0) is 15.5. The third-order valence-corrected chi connectivity index (χ3v) is 4.34. The van der Waals surface area contributed by atoms with E-state index in [1.54, 1.807) is 17.0 Å². The molecule has 0 saturated carbocycles. The predicted octanol–water partition coefficient (Wildman–Crippen LogP) is 0.545. The van der Waals surface area contributed by atoms with Crippen LogP contribution in [0.1, 0.15) is 23.2 Å². The zero-order valence-corrected chi connectivity index (χ0v) is 13.6. The van der Waals surface area contributed by atoms with E-state index < -0.39 is 6.10 Å². The molecular weight excluding hydrogens is 318 g/mol. The van der Waals surface area contributed by atoms with Crippen LogP contribution in [0.15, 0.2) is 24.3 Å². The number of carbonyl (C=O) groups is 2. The largest absolute Gasteiger partial charge is 0.391 e. The molecule has 0 aromatic heterocycles. The highest BCUT2D eigenvalue weighted by Gasteiger charge is 2.25. The second kappa shape index (κ2) is 7.77. The minimum atomic E-state index is -0.399. The van der Waals surface area contributed by atoms with E-state index >= 15 is 0 Å². The van der Waals surface area contributed by atoms with Crippen molar-refractivity contribution >= 4 is 29.9 Å². The summed E-state index contributed by atoms with van der Waals surface area (Å²) in [7, 11) is 0. The molecule has 2 fully saturated rings. The van der Waals surface area contributed by atoms with Gasteiger partial charge in [0.25, 0.3) is 5.91 Å². The van der Waals surface area contributed by atoms with Gasteiger partial charge in [-0.25, -0.2) is 0 Å². The van der Waals surface area contributed by atoms with Crippen LogP contribution in [-0.2, 0) is 4.79 Å². The summed E-state index contributed by atoms with van der Waals surface area (Å²) in [6.45, 7) is 2.51. The average Bonchev–Trinajstić information content (AvgIpc) is 3.13. The van der Waals surface area contributed by atoms with Crippen molar-refractivity contribution in [2.45, 2.75) is 18.9 Å². The first-order valence-corrected chi connectivity index (χ1v) is 7.72. The second-order valence-electron chi connectivity index (χ2n) is 5.89. The highest BCUT2D eigenvalue weighted by molar-refractivity contribution is 5.97. The maximum atomic E-state index is 12.1. The van der Waals surface area contributed by atoms with E-state index in [1.165, 1.54) is 0 Å². The van der Waals surface area contributed by atoms with E-state index in [9.17, 15) is 14.7 Å². The molecule has 2 amide bonds. The molecule has 0 bridgehead atoms. The van der Waals surface area contributed by atoms with Crippen LogP contribution in [0.25, 0.3) is 0 Å². The Labute approximate surface area is 141 Å². The number of hydrogen-bond acceptors (Lipinski definition) is 4. The molecule has 1 aromatic rings. The minimum absolute atomic E-state index is 0. The molecule has 2 heterocycles. The first kappa shape index (κ1) is 17.7. The number of anilines is 1. The van der Waals surface area contributed by atoms with Gasteiger partial charge in [0.2, 0.25) is 5.91 Å². The molecule has 3 N–H and O–H groups in total. The average molecular weight is 340 g/mol. The molecule has 126 valence electrons. The topological polar surface area (TPSA) is 81.7 Å². The molecule has 3 rings (SSSR count). The fraction of sp³-hybridized carbons (Fsp3) is 0.500. The molecule has 2 aliphatic rings. The van der Waals surface area contributed by atoms with Crippen molar-refractivity contribution < 1.29 is 14.7 Å². The third-order valence-electron chi connectivity index (χ3n) is 4.34. The number of nitrogens with one attached hydrogen (secondary N) is 2. The second-order valence-corrected chi connectivity index (χ2v) is 5.89. The number of halogens is 1. The lowest BCUT2D eigenvalue weighted by Crippen LogP contribution is -2.34. The summed E-state index contributed by atoms with van der Waals surface area (Å²) >= 11 is 0. The van der Waals surface area contributed by atoms with Gasteiger partial charge in [0.1, 0.15) is 0 Å². The van der Waals surface area contributed by atoms with Crippen molar-refractivity contribution in [1.29, 1.82) is 0 Å². The number of amides is 2. The van der Waals surface area contributed by atoms with Crippen molar-refractivity contribution in [1.82, 2.24) is 10.6 Å². The molecule has 7 heteroatoms. The van der Waals surface area contributed by atoms with Crippen molar-refractivity contribution in [3.63, 3.8) is 0 Å². The Balaban J connectivity index is 0.00000192. The fourth-order valence-electron chi connectivity index (χ4n) is 2.97. The lowest BCUT2D eigenvalue weighted by Gasteiger charge is -2.16. The summed E-state index contributed by atoms with van der Waals surface area (Å²) in [6.07, 6.45) is 1.09. The number of benzene rings is 1. The summed E-state index contributed by atoms with van der Waals surface area (Å²) in [6, 6.07) is 7.09. The molecule has 0 aliphatic carbocycles. The molecule has 2 unspecified atom stereocenters. The van der Waals surface area contributed by atoms with Gasteiger partial charge in [0, 0.05) is 49.8 Å². The third kappa shape index (κ3) is 4.02. The number of aliphatic hydroxyl groups is 1. The Morgan fingerprint density at radius 3 is 2.61 bits per heavy atom. The number of carbonyl (C=O) groups excluding carboxylic acids is 2. The van der Waals surface area contributed by atoms with Crippen LogP contribution in [0.3, 0.4) is 0 Å². The van der Waals surface area contributed by atoms with Crippen LogP contribution in [-0.4, -0.2) is 49.2 Å². The van der Waals surface area contributed by atoms with E-state index in [-0.39, 0.29) is 30.1 Å². The standard InChI is InChI=1S/C16H21N3O3.ClH/c20-14-10-17-8-12(14)9-18-16(22)11-3-5-13(6-4-11)19-7-1-2-15(19)21;/h3-6,12,14,17,20H,1-2,7-10H2,(H,18,22);1H. The van der Waals surface area contributed by atoms with E-state index in [0.717, 1.165) is 25.2 Å². The highest BCUT2D eigenvalue weighted by atomic mass is 35.5. The molecule has 0 radical (unpaired) electrons. The number of hydrogen-bond donors (Lipinski definition) is 3. The normalized spacial score (nSPS) is 23.7. The van der Waals surface area contributed by atoms with E-state index in [0.29, 0.717) is 25.1 Å². The van der Waals surface area contributed by atoms with Gasteiger partial charge < -0.3 is 20.6 Å². The maximum absolute atomic E-state index is 12.1. The lowest BCUT2D eigenvalue weighted by molar-refractivity contribution is -0.117. The van der Waals surface area contributed by atoms with Crippen LogP contribution in [0.4, 0.5) is 5.69 Å². The molecule has 2 atom stereocenters. The van der Waals surface area contributed by atoms with Crippen molar-refractivity contribution in [2.24, 2.45) is 5.92 Å². The highest BCUT2D eigenvalue weighted by Crippen LogP contribution is 2.21. The Morgan fingerprint density at radius 1 is 1.30 bits per heavy atom. The van der Waals surface area contributed by atoms with Crippen molar-refractivity contribution in [3.8, 4) is 0 Å². The molecular formula is C16H22ClN3O3. The van der Waals surface area contributed by atoms with E-state index in [2.05, 4.69) is 10.6 Å². The van der Waals surface area contributed by atoms with Gasteiger partial charge in [0.05, 0.1) is 6.10 Å². The maximum Gasteiger partial charge on any atom is 0.251 e. The summed E-state index contributed by atoms with van der Waals surface area (Å²) < 4.78 is 0. The summed E-state index contributed by atoms with van der Waals surface area (Å²) in [5, 5.41) is 15.6. The van der Waals surface area contributed by atoms with E-state index in [1.807, 2.05) is 12.1 Å². The molecule has 2 saturated heterocycles. The van der Waals surface area contributed by atoms with E-state index in [4.69, 9.17) is 0 Å². The van der Waals surface area contributed by atoms with Gasteiger partial charge >= 0.3 is 0 Å². The Morgan fingerprint density at radius 2 is 2.04 bits per heavy atom. The zero-order valence-electron chi connectivity index (χ0n) is 12.8. The predicted molar refractivity (Wildman–Crippen MR) is 90.0 cm³/mol. The Hall–Kier alpha value is -1.63. The first-order chi connectivity index (χ1) is 10.6. The fourth-order valence-corrected chi connectivity index (χ4v) is 2.97. The van der Waals surface area contributed by atoms with Gasteiger partial charge in [-0.15, -0.1) is 12.4 Å². The van der Waals surface area contributed by atoms with Gasteiger partial charge in [0.15, 0.2) is 0 Å². The SMILES string of the molecule is Cl.O=C(NCC1CNCC1O)c1ccc(N2CCCC2=O)cc1. The number of aliphatic hydroxyl groups excluding tert-OH is 1. The molecule has 2 aliphatic heterocycles. The monoisotopic (exact) mass is 339 g/mol. The molecule has 0 spiro atoms. The van der Waals surface area contributed by atoms with Crippen LogP contribution in [0, 0.1) is 5.92 Å². The number of nitrogens with zero attached hydrogens (tertiary/aromatic N) is 1. The number of β-amino-alcohol motifs (C(OH)–C–C–N with tert-alkyl or cyclic N) is 1. The van der Waals surface area contributed by atoms with Crippen LogP contribution in [0.5, 0.6) is 0 Å². The number of rotatable bonds is 4. The summed E-state index contributed by atoms with van der Waals surface area (Å²) in [5.74, 6) is 0.0452. The Bertz CT molecular complexity index is 564. The molecule has 1 aromatic carbocycles. The molecule has 6 nitrogen and oxygen atoms in total. The quantitative estimate of drug-likeness (QED) is 0.748. The Kier molecular flexibility index (Phi) is 5.98. The summed E-state index contributed by atoms with van der Waals surface area (Å²) in [5.41, 5.74) is 1.41. The van der Waals surface area contributed by atoms with Gasteiger partial charge in [-0.05, 0) is 30.7 Å².